The lowest BCUT2D eigenvalue weighted by Gasteiger charge is -2.30. The number of carbonyl (C=O) groups excluding carboxylic acids is 1. The van der Waals surface area contributed by atoms with Crippen molar-refractivity contribution in [3.63, 3.8) is 0 Å². The summed E-state index contributed by atoms with van der Waals surface area (Å²) in [5.41, 5.74) is 5.01. The predicted molar refractivity (Wildman–Crippen MR) is 120 cm³/mol. The van der Waals surface area contributed by atoms with Crippen LogP contribution < -0.4 is 10.5 Å². The third-order valence-electron chi connectivity index (χ3n) is 6.39. The molecule has 0 bridgehead atoms. The molecular weight excluding hydrogens is 388 g/mol. The van der Waals surface area contributed by atoms with Crippen molar-refractivity contribution in [3.8, 4) is 0 Å². The summed E-state index contributed by atoms with van der Waals surface area (Å²) in [7, 11) is 0. The zero-order chi connectivity index (χ0) is 21.4. The smallest absolute Gasteiger partial charge is 0.279 e. The summed E-state index contributed by atoms with van der Waals surface area (Å²) >= 11 is 0. The van der Waals surface area contributed by atoms with Crippen molar-refractivity contribution < 1.29 is 4.79 Å². The monoisotopic (exact) mass is 414 g/mol. The van der Waals surface area contributed by atoms with Gasteiger partial charge in [-0.3, -0.25) is 9.59 Å². The Balaban J connectivity index is 1.37. The lowest BCUT2D eigenvalue weighted by Crippen LogP contribution is -2.41. The fourth-order valence-corrected chi connectivity index (χ4v) is 4.62. The molecule has 5 rings (SSSR count). The summed E-state index contributed by atoms with van der Waals surface area (Å²) < 4.78 is 2.19. The molecule has 0 fully saturated rings. The van der Waals surface area contributed by atoms with Crippen molar-refractivity contribution in [1.29, 1.82) is 0 Å². The highest BCUT2D eigenvalue weighted by molar-refractivity contribution is 5.79. The topological polar surface area (TPSA) is 58.4 Å². The van der Waals surface area contributed by atoms with Crippen LogP contribution in [-0.4, -0.2) is 33.4 Å². The number of hydrogen-bond acceptors (Lipinski definition) is 4. The molecule has 6 heteroatoms. The third-order valence-corrected chi connectivity index (χ3v) is 6.39. The predicted octanol–water partition coefficient (Wildman–Crippen LogP) is 2.70. The molecule has 0 atom stereocenters. The average Bonchev–Trinajstić information content (AvgIpc) is 3.18. The van der Waals surface area contributed by atoms with Gasteiger partial charge in [0.1, 0.15) is 0 Å². The molecule has 1 amide bonds. The Morgan fingerprint density at radius 1 is 1.00 bits per heavy atom. The first kappa shape index (κ1) is 19.5. The van der Waals surface area contributed by atoms with Crippen LogP contribution in [0.2, 0.25) is 0 Å². The number of anilines is 1. The van der Waals surface area contributed by atoms with Crippen LogP contribution in [0.3, 0.4) is 0 Å². The lowest BCUT2D eigenvalue weighted by molar-refractivity contribution is -0.131. The summed E-state index contributed by atoms with van der Waals surface area (Å²) in [4.78, 5) is 34.2. The maximum atomic E-state index is 12.9. The van der Waals surface area contributed by atoms with Gasteiger partial charge in [-0.1, -0.05) is 54.6 Å². The van der Waals surface area contributed by atoms with E-state index >= 15 is 0 Å². The Morgan fingerprint density at radius 3 is 2.58 bits per heavy atom. The zero-order valence-electron chi connectivity index (χ0n) is 17.8. The molecule has 3 aromatic rings. The van der Waals surface area contributed by atoms with Gasteiger partial charge < -0.3 is 14.4 Å². The molecule has 3 heterocycles. The van der Waals surface area contributed by atoms with Gasteiger partial charge in [0.2, 0.25) is 11.9 Å². The maximum Gasteiger partial charge on any atom is 0.279 e. The molecule has 6 nitrogen and oxygen atoms in total. The van der Waals surface area contributed by atoms with Crippen LogP contribution in [0.15, 0.2) is 59.4 Å². The van der Waals surface area contributed by atoms with Crippen molar-refractivity contribution in [1.82, 2.24) is 14.5 Å². The maximum absolute atomic E-state index is 12.9. The van der Waals surface area contributed by atoms with Crippen LogP contribution in [0, 0.1) is 6.92 Å². The van der Waals surface area contributed by atoms with Crippen molar-refractivity contribution in [3.05, 3.63) is 92.9 Å². The number of aromatic nitrogens is 2. The van der Waals surface area contributed by atoms with Crippen LogP contribution in [-0.2, 0) is 37.3 Å². The number of aryl methyl sites for hydroxylation is 1. The van der Waals surface area contributed by atoms with E-state index in [2.05, 4.69) is 33.5 Å². The van der Waals surface area contributed by atoms with E-state index in [0.717, 1.165) is 36.8 Å². The van der Waals surface area contributed by atoms with Crippen molar-refractivity contribution in [2.45, 2.75) is 39.4 Å². The Morgan fingerprint density at radius 2 is 1.77 bits per heavy atom. The van der Waals surface area contributed by atoms with E-state index in [0.29, 0.717) is 31.5 Å². The molecule has 2 aliphatic heterocycles. The van der Waals surface area contributed by atoms with E-state index in [1.165, 1.54) is 11.1 Å². The first-order valence-electron chi connectivity index (χ1n) is 10.8. The van der Waals surface area contributed by atoms with Crippen molar-refractivity contribution >= 4 is 11.9 Å². The number of benzene rings is 2. The van der Waals surface area contributed by atoms with Crippen LogP contribution in [0.25, 0.3) is 0 Å². The first-order valence-corrected chi connectivity index (χ1v) is 10.8. The number of carbonyl (C=O) groups is 1. The summed E-state index contributed by atoms with van der Waals surface area (Å²) in [5.74, 6) is 0.819. The molecule has 158 valence electrons. The highest BCUT2D eigenvalue weighted by atomic mass is 16.2. The third kappa shape index (κ3) is 3.74. The van der Waals surface area contributed by atoms with Crippen LogP contribution in [0.1, 0.15) is 27.9 Å². The number of nitrogens with zero attached hydrogens (tertiary/aromatic N) is 4. The van der Waals surface area contributed by atoms with Gasteiger partial charge in [-0.05, 0) is 23.6 Å². The van der Waals surface area contributed by atoms with Gasteiger partial charge in [0.15, 0.2) is 0 Å². The average molecular weight is 415 g/mol. The highest BCUT2D eigenvalue weighted by Gasteiger charge is 2.30. The molecule has 2 aromatic carbocycles. The van der Waals surface area contributed by atoms with Crippen LogP contribution in [0.5, 0.6) is 0 Å². The zero-order valence-corrected chi connectivity index (χ0v) is 17.8. The first-order chi connectivity index (χ1) is 15.1. The Kier molecular flexibility index (Phi) is 5.06. The Bertz CT molecular complexity index is 1190. The molecule has 31 heavy (non-hydrogen) atoms. The summed E-state index contributed by atoms with van der Waals surface area (Å²) in [6, 6.07) is 18.1. The van der Waals surface area contributed by atoms with E-state index < -0.39 is 0 Å². The summed E-state index contributed by atoms with van der Waals surface area (Å²) in [5, 5.41) is 0. The van der Waals surface area contributed by atoms with E-state index in [4.69, 9.17) is 0 Å². The molecule has 1 aromatic heterocycles. The van der Waals surface area contributed by atoms with Gasteiger partial charge >= 0.3 is 0 Å². The Labute approximate surface area is 181 Å². The van der Waals surface area contributed by atoms with Gasteiger partial charge in [0, 0.05) is 38.3 Å². The number of fused-ring (bicyclic) bond motifs is 3. The van der Waals surface area contributed by atoms with Crippen molar-refractivity contribution in [2.75, 3.05) is 18.0 Å². The lowest BCUT2D eigenvalue weighted by atomic mass is 10.0. The second-order valence-electron chi connectivity index (χ2n) is 8.37. The fourth-order valence-electron chi connectivity index (χ4n) is 4.62. The molecular formula is C25H26N4O2. The molecule has 0 aliphatic carbocycles. The van der Waals surface area contributed by atoms with Gasteiger partial charge in [0.05, 0.1) is 18.5 Å². The van der Waals surface area contributed by atoms with Crippen LogP contribution in [0.4, 0.5) is 5.95 Å². The SMILES string of the molecule is Cc1ccccc1CN1CCn2c1nc(=O)c1c2CCN(C(=O)Cc2ccccc2)C1. The largest absolute Gasteiger partial charge is 0.337 e. The number of amides is 1. The highest BCUT2D eigenvalue weighted by Crippen LogP contribution is 2.27. The minimum atomic E-state index is -0.199. The summed E-state index contributed by atoms with van der Waals surface area (Å²) in [6.45, 7) is 5.52. The minimum Gasteiger partial charge on any atom is -0.337 e. The van der Waals surface area contributed by atoms with Gasteiger partial charge in [0.25, 0.3) is 5.56 Å². The van der Waals surface area contributed by atoms with Crippen LogP contribution >= 0.6 is 0 Å². The Hall–Kier alpha value is -3.41. The number of hydrogen-bond donors (Lipinski definition) is 0. The summed E-state index contributed by atoms with van der Waals surface area (Å²) in [6.07, 6.45) is 1.05. The second kappa shape index (κ2) is 8.02. The minimum absolute atomic E-state index is 0.0583. The van der Waals surface area contributed by atoms with E-state index in [-0.39, 0.29) is 11.5 Å². The van der Waals surface area contributed by atoms with Crippen molar-refractivity contribution in [2.24, 2.45) is 0 Å². The standard InChI is InChI=1S/C25H26N4O2/c1-18-7-5-6-10-20(18)16-28-13-14-29-22-11-12-27(17-21(22)24(31)26-25(28)29)23(30)15-19-8-3-2-4-9-19/h2-10H,11-17H2,1H3. The fraction of sp³-hybridized carbons (Fsp3) is 0.320. The van der Waals surface area contributed by atoms with E-state index in [9.17, 15) is 9.59 Å². The molecule has 0 saturated carbocycles. The molecule has 0 spiro atoms. The van der Waals surface area contributed by atoms with E-state index in [1.54, 1.807) is 4.90 Å². The van der Waals surface area contributed by atoms with E-state index in [1.807, 2.05) is 42.5 Å². The van der Waals surface area contributed by atoms with Gasteiger partial charge in [-0.25, -0.2) is 0 Å². The van der Waals surface area contributed by atoms with Gasteiger partial charge in [-0.2, -0.15) is 4.98 Å². The molecule has 0 saturated heterocycles. The molecule has 2 aliphatic rings. The second-order valence-corrected chi connectivity index (χ2v) is 8.37. The molecule has 0 radical (unpaired) electrons. The molecule has 0 unspecified atom stereocenters. The normalized spacial score (nSPS) is 15.0. The van der Waals surface area contributed by atoms with Gasteiger partial charge in [-0.15, -0.1) is 0 Å². The number of rotatable bonds is 4. The molecule has 0 N–H and O–H groups in total. The quantitative estimate of drug-likeness (QED) is 0.659.